The van der Waals surface area contributed by atoms with Crippen molar-refractivity contribution >= 4 is 11.8 Å². The number of aromatic nitrogens is 2. The van der Waals surface area contributed by atoms with Gasteiger partial charge in [-0.1, -0.05) is 18.2 Å². The molecule has 0 amide bonds. The quantitative estimate of drug-likeness (QED) is 0.765. The lowest BCUT2D eigenvalue weighted by molar-refractivity contribution is 0.414. The number of ether oxygens (including phenoxy) is 1. The Balaban J connectivity index is 2.01. The summed E-state index contributed by atoms with van der Waals surface area (Å²) in [5.41, 5.74) is 2.07. The molecule has 110 valence electrons. The first kappa shape index (κ1) is 14.8. The number of hydrogen-bond donors (Lipinski definition) is 2. The van der Waals surface area contributed by atoms with Gasteiger partial charge < -0.3 is 15.4 Å². The molecule has 0 atom stereocenters. The normalized spacial score (nSPS) is 10.0. The van der Waals surface area contributed by atoms with Gasteiger partial charge in [0.1, 0.15) is 11.6 Å². The number of anilines is 2. The van der Waals surface area contributed by atoms with Crippen molar-refractivity contribution in [2.24, 2.45) is 0 Å². The van der Waals surface area contributed by atoms with Gasteiger partial charge in [0.25, 0.3) is 0 Å². The minimum absolute atomic E-state index is 0.604. The van der Waals surface area contributed by atoms with E-state index in [-0.39, 0.29) is 0 Å². The highest BCUT2D eigenvalue weighted by Crippen LogP contribution is 2.14. The maximum Gasteiger partial charge on any atom is 0.225 e. The van der Waals surface area contributed by atoms with Gasteiger partial charge in [-0.15, -0.1) is 6.58 Å². The maximum atomic E-state index is 5.14. The second kappa shape index (κ2) is 7.28. The smallest absolute Gasteiger partial charge is 0.225 e. The van der Waals surface area contributed by atoms with Crippen molar-refractivity contribution in [3.8, 4) is 5.75 Å². The van der Waals surface area contributed by atoms with Gasteiger partial charge in [-0.05, 0) is 24.6 Å². The van der Waals surface area contributed by atoms with Crippen molar-refractivity contribution in [2.45, 2.75) is 13.5 Å². The van der Waals surface area contributed by atoms with Crippen molar-refractivity contribution in [3.05, 3.63) is 54.2 Å². The summed E-state index contributed by atoms with van der Waals surface area (Å²) in [5, 5.41) is 6.39. The molecule has 2 aromatic rings. The molecule has 5 heteroatoms. The molecule has 0 bridgehead atoms. The van der Waals surface area contributed by atoms with Crippen LogP contribution in [0.15, 0.2) is 43.0 Å². The van der Waals surface area contributed by atoms with E-state index in [2.05, 4.69) is 27.2 Å². The van der Waals surface area contributed by atoms with Crippen molar-refractivity contribution in [3.63, 3.8) is 0 Å². The first-order valence-electron chi connectivity index (χ1n) is 6.78. The first-order chi connectivity index (χ1) is 10.2. The van der Waals surface area contributed by atoms with Crippen LogP contribution >= 0.6 is 0 Å². The van der Waals surface area contributed by atoms with Gasteiger partial charge in [-0.2, -0.15) is 4.98 Å². The lowest BCUT2D eigenvalue weighted by Gasteiger charge is -2.09. The summed E-state index contributed by atoms with van der Waals surface area (Å²) in [6.07, 6.45) is 1.77. The van der Waals surface area contributed by atoms with Crippen molar-refractivity contribution < 1.29 is 4.74 Å². The standard InChI is InChI=1S/C16H20N4O/c1-4-9-17-16-19-12(2)10-15(20-16)18-11-13-5-7-14(21-3)8-6-13/h4-8,10H,1,9,11H2,2-3H3,(H2,17,18,19,20). The van der Waals surface area contributed by atoms with Crippen LogP contribution in [0, 0.1) is 6.92 Å². The third-order valence-electron chi connectivity index (χ3n) is 2.89. The van der Waals surface area contributed by atoms with Crippen LogP contribution in [-0.2, 0) is 6.54 Å². The predicted molar refractivity (Wildman–Crippen MR) is 85.8 cm³/mol. The van der Waals surface area contributed by atoms with Gasteiger partial charge in [0.05, 0.1) is 7.11 Å². The van der Waals surface area contributed by atoms with E-state index in [1.54, 1.807) is 13.2 Å². The Labute approximate surface area is 125 Å². The third-order valence-corrected chi connectivity index (χ3v) is 2.89. The summed E-state index contributed by atoms with van der Waals surface area (Å²) in [6.45, 7) is 6.95. The molecule has 0 unspecified atom stereocenters. The van der Waals surface area contributed by atoms with Crippen LogP contribution in [0.25, 0.3) is 0 Å². The molecule has 2 rings (SSSR count). The van der Waals surface area contributed by atoms with Crippen LogP contribution in [0.4, 0.5) is 11.8 Å². The van der Waals surface area contributed by atoms with Crippen LogP contribution in [0.5, 0.6) is 5.75 Å². The van der Waals surface area contributed by atoms with E-state index in [4.69, 9.17) is 4.74 Å². The topological polar surface area (TPSA) is 59.1 Å². The molecule has 5 nitrogen and oxygen atoms in total. The average Bonchev–Trinajstić information content (AvgIpc) is 2.51. The molecular weight excluding hydrogens is 264 g/mol. The van der Waals surface area contributed by atoms with E-state index in [1.807, 2.05) is 37.3 Å². The Morgan fingerprint density at radius 3 is 2.62 bits per heavy atom. The number of benzene rings is 1. The summed E-state index contributed by atoms with van der Waals surface area (Å²) in [6, 6.07) is 9.86. The number of rotatable bonds is 7. The van der Waals surface area contributed by atoms with E-state index < -0.39 is 0 Å². The summed E-state index contributed by atoms with van der Waals surface area (Å²) in [4.78, 5) is 8.74. The van der Waals surface area contributed by atoms with Crippen LogP contribution in [-0.4, -0.2) is 23.6 Å². The molecule has 1 heterocycles. The van der Waals surface area contributed by atoms with E-state index in [1.165, 1.54) is 0 Å². The van der Waals surface area contributed by atoms with Crippen LogP contribution in [0.1, 0.15) is 11.3 Å². The fourth-order valence-electron chi connectivity index (χ4n) is 1.84. The molecule has 1 aromatic carbocycles. The molecule has 2 N–H and O–H groups in total. The minimum Gasteiger partial charge on any atom is -0.497 e. The fraction of sp³-hybridized carbons (Fsp3) is 0.250. The summed E-state index contributed by atoms with van der Waals surface area (Å²) in [5.74, 6) is 2.25. The van der Waals surface area contributed by atoms with Crippen molar-refractivity contribution in [1.82, 2.24) is 9.97 Å². The number of aryl methyl sites for hydroxylation is 1. The average molecular weight is 284 g/mol. The fourth-order valence-corrected chi connectivity index (χ4v) is 1.84. The van der Waals surface area contributed by atoms with Gasteiger partial charge >= 0.3 is 0 Å². The molecule has 21 heavy (non-hydrogen) atoms. The molecule has 0 radical (unpaired) electrons. The van der Waals surface area contributed by atoms with Gasteiger partial charge in [-0.25, -0.2) is 4.98 Å². The van der Waals surface area contributed by atoms with Crippen LogP contribution in [0.3, 0.4) is 0 Å². The van der Waals surface area contributed by atoms with Gasteiger partial charge in [0.15, 0.2) is 0 Å². The van der Waals surface area contributed by atoms with E-state index in [0.717, 1.165) is 22.8 Å². The molecule has 0 fully saturated rings. The number of hydrogen-bond acceptors (Lipinski definition) is 5. The Hall–Kier alpha value is -2.56. The SMILES string of the molecule is C=CCNc1nc(C)cc(NCc2ccc(OC)cc2)n1. The first-order valence-corrected chi connectivity index (χ1v) is 6.78. The van der Waals surface area contributed by atoms with E-state index in [0.29, 0.717) is 19.0 Å². The largest absolute Gasteiger partial charge is 0.497 e. The lowest BCUT2D eigenvalue weighted by Crippen LogP contribution is -2.07. The van der Waals surface area contributed by atoms with Crippen molar-refractivity contribution in [1.29, 1.82) is 0 Å². The molecular formula is C16H20N4O. The second-order valence-corrected chi connectivity index (χ2v) is 4.59. The van der Waals surface area contributed by atoms with Gasteiger partial charge in [0, 0.05) is 24.8 Å². The zero-order valence-corrected chi connectivity index (χ0v) is 12.4. The molecule has 0 spiro atoms. The van der Waals surface area contributed by atoms with E-state index >= 15 is 0 Å². The van der Waals surface area contributed by atoms with Gasteiger partial charge in [0.2, 0.25) is 5.95 Å². The number of methoxy groups -OCH3 is 1. The Morgan fingerprint density at radius 2 is 1.95 bits per heavy atom. The van der Waals surface area contributed by atoms with Crippen molar-refractivity contribution in [2.75, 3.05) is 24.3 Å². The van der Waals surface area contributed by atoms with Crippen LogP contribution < -0.4 is 15.4 Å². The second-order valence-electron chi connectivity index (χ2n) is 4.59. The molecule has 0 saturated carbocycles. The summed E-state index contributed by atoms with van der Waals surface area (Å²) >= 11 is 0. The summed E-state index contributed by atoms with van der Waals surface area (Å²) < 4.78 is 5.14. The van der Waals surface area contributed by atoms with Gasteiger partial charge in [-0.3, -0.25) is 0 Å². The zero-order chi connectivity index (χ0) is 15.1. The summed E-state index contributed by atoms with van der Waals surface area (Å²) in [7, 11) is 1.66. The minimum atomic E-state index is 0.604. The molecule has 0 saturated heterocycles. The third kappa shape index (κ3) is 4.49. The molecule has 0 aliphatic rings. The van der Waals surface area contributed by atoms with E-state index in [9.17, 15) is 0 Å². The molecule has 1 aromatic heterocycles. The van der Waals surface area contributed by atoms with Crippen LogP contribution in [0.2, 0.25) is 0 Å². The number of nitrogens with one attached hydrogen (secondary N) is 2. The highest BCUT2D eigenvalue weighted by molar-refractivity contribution is 5.43. The highest BCUT2D eigenvalue weighted by atomic mass is 16.5. The lowest BCUT2D eigenvalue weighted by atomic mass is 10.2. The predicted octanol–water partition coefficient (Wildman–Crippen LogP) is 3.00. The molecule has 0 aliphatic heterocycles. The highest BCUT2D eigenvalue weighted by Gasteiger charge is 2.02. The Bertz CT molecular complexity index is 596. The monoisotopic (exact) mass is 284 g/mol. The molecule has 0 aliphatic carbocycles. The Kier molecular flexibility index (Phi) is 5.15. The number of nitrogens with zero attached hydrogens (tertiary/aromatic N) is 2. The Morgan fingerprint density at radius 1 is 1.19 bits per heavy atom. The zero-order valence-electron chi connectivity index (χ0n) is 12.4. The maximum absolute atomic E-state index is 5.14.